The minimum atomic E-state index is -0.167. The van der Waals surface area contributed by atoms with E-state index in [1.807, 2.05) is 18.3 Å². The van der Waals surface area contributed by atoms with Gasteiger partial charge in [0.25, 0.3) is 0 Å². The predicted octanol–water partition coefficient (Wildman–Crippen LogP) is 1.64. The Balaban J connectivity index is 1.91. The van der Waals surface area contributed by atoms with E-state index in [1.165, 1.54) is 6.42 Å². The highest BCUT2D eigenvalue weighted by Crippen LogP contribution is 2.41. The zero-order valence-electron chi connectivity index (χ0n) is 7.85. The van der Waals surface area contributed by atoms with Gasteiger partial charge in [0, 0.05) is 18.8 Å². The third-order valence-electron chi connectivity index (χ3n) is 2.83. The molecule has 0 aliphatic heterocycles. The number of hydrogen-bond acceptors (Lipinski definition) is 2. The van der Waals surface area contributed by atoms with Crippen molar-refractivity contribution in [3.63, 3.8) is 0 Å². The van der Waals surface area contributed by atoms with E-state index in [4.69, 9.17) is 0 Å². The molecule has 1 aromatic heterocycles. The van der Waals surface area contributed by atoms with Gasteiger partial charge in [-0.15, -0.1) is 0 Å². The molecule has 1 fully saturated rings. The van der Waals surface area contributed by atoms with Crippen LogP contribution in [0.4, 0.5) is 0 Å². The molecule has 2 heteroatoms. The normalized spacial score (nSPS) is 28.5. The van der Waals surface area contributed by atoms with Crippen LogP contribution in [0.5, 0.6) is 0 Å². The summed E-state index contributed by atoms with van der Waals surface area (Å²) in [5, 5.41) is 9.79. The molecule has 1 aliphatic carbocycles. The highest BCUT2D eigenvalue weighted by molar-refractivity contribution is 5.10. The van der Waals surface area contributed by atoms with Crippen LogP contribution in [0.3, 0.4) is 0 Å². The molecule has 1 aliphatic rings. The summed E-state index contributed by atoms with van der Waals surface area (Å²) in [6, 6.07) is 3.93. The number of aliphatic hydroxyl groups is 1. The quantitative estimate of drug-likeness (QED) is 0.761. The highest BCUT2D eigenvalue weighted by Gasteiger charge is 2.38. The summed E-state index contributed by atoms with van der Waals surface area (Å²) in [5.74, 6) is 1.24. The molecule has 0 spiro atoms. The molecule has 0 aromatic carbocycles. The van der Waals surface area contributed by atoms with Crippen LogP contribution in [-0.2, 0) is 6.42 Å². The van der Waals surface area contributed by atoms with E-state index in [-0.39, 0.29) is 6.10 Å². The van der Waals surface area contributed by atoms with Gasteiger partial charge in [-0.2, -0.15) is 0 Å². The van der Waals surface area contributed by atoms with E-state index >= 15 is 0 Å². The first-order valence-electron chi connectivity index (χ1n) is 4.84. The Morgan fingerprint density at radius 1 is 1.69 bits per heavy atom. The molecule has 0 radical (unpaired) electrons. The Labute approximate surface area is 78.6 Å². The lowest BCUT2D eigenvalue weighted by molar-refractivity contribution is 0.146. The van der Waals surface area contributed by atoms with Gasteiger partial charge in [-0.3, -0.25) is 4.98 Å². The molecule has 2 nitrogen and oxygen atoms in total. The molecule has 2 rings (SSSR count). The fourth-order valence-corrected chi connectivity index (χ4v) is 1.80. The van der Waals surface area contributed by atoms with Crippen molar-refractivity contribution in [2.45, 2.75) is 25.9 Å². The number of nitrogens with zero attached hydrogens (tertiary/aromatic N) is 1. The molecule has 1 saturated carbocycles. The molecule has 70 valence electrons. The van der Waals surface area contributed by atoms with Crippen molar-refractivity contribution in [2.24, 2.45) is 11.8 Å². The first kappa shape index (κ1) is 8.70. The SMILES string of the molecule is CC1CC1C(O)Cc1cccnc1. The van der Waals surface area contributed by atoms with Gasteiger partial charge in [-0.1, -0.05) is 13.0 Å². The maximum Gasteiger partial charge on any atom is 0.0611 e. The average molecular weight is 177 g/mol. The number of aromatic nitrogens is 1. The summed E-state index contributed by atoms with van der Waals surface area (Å²) >= 11 is 0. The van der Waals surface area contributed by atoms with Crippen molar-refractivity contribution >= 4 is 0 Å². The third-order valence-corrected chi connectivity index (χ3v) is 2.83. The van der Waals surface area contributed by atoms with Crippen molar-refractivity contribution in [3.05, 3.63) is 30.1 Å². The van der Waals surface area contributed by atoms with Gasteiger partial charge in [0.2, 0.25) is 0 Å². The van der Waals surface area contributed by atoms with Crippen LogP contribution in [0.25, 0.3) is 0 Å². The van der Waals surface area contributed by atoms with E-state index in [0.29, 0.717) is 11.8 Å². The number of pyridine rings is 1. The molecule has 1 N–H and O–H groups in total. The summed E-state index contributed by atoms with van der Waals surface area (Å²) in [4.78, 5) is 4.03. The van der Waals surface area contributed by atoms with Crippen LogP contribution >= 0.6 is 0 Å². The molecule has 0 amide bonds. The minimum Gasteiger partial charge on any atom is -0.392 e. The number of rotatable bonds is 3. The van der Waals surface area contributed by atoms with Crippen LogP contribution in [0.15, 0.2) is 24.5 Å². The van der Waals surface area contributed by atoms with E-state index in [9.17, 15) is 5.11 Å². The van der Waals surface area contributed by atoms with Crippen molar-refractivity contribution < 1.29 is 5.11 Å². The standard InChI is InChI=1S/C11H15NO/c1-8-5-10(8)11(13)6-9-3-2-4-12-7-9/h2-4,7-8,10-11,13H,5-6H2,1H3. The molecular formula is C11H15NO. The van der Waals surface area contributed by atoms with E-state index in [0.717, 1.165) is 12.0 Å². The topological polar surface area (TPSA) is 33.1 Å². The second-order valence-electron chi connectivity index (χ2n) is 4.01. The van der Waals surface area contributed by atoms with Crippen molar-refractivity contribution in [1.82, 2.24) is 4.98 Å². The molecule has 3 atom stereocenters. The lowest BCUT2D eigenvalue weighted by Crippen LogP contribution is -2.13. The second-order valence-corrected chi connectivity index (χ2v) is 4.01. The predicted molar refractivity (Wildman–Crippen MR) is 51.2 cm³/mol. The number of hydrogen-bond donors (Lipinski definition) is 1. The maximum absolute atomic E-state index is 9.79. The van der Waals surface area contributed by atoms with Gasteiger partial charge >= 0.3 is 0 Å². The van der Waals surface area contributed by atoms with Gasteiger partial charge in [0.05, 0.1) is 6.10 Å². The van der Waals surface area contributed by atoms with E-state index in [2.05, 4.69) is 11.9 Å². The second kappa shape index (κ2) is 3.46. The van der Waals surface area contributed by atoms with Crippen LogP contribution in [0.1, 0.15) is 18.9 Å². The van der Waals surface area contributed by atoms with E-state index < -0.39 is 0 Å². The molecule has 1 heterocycles. The van der Waals surface area contributed by atoms with Crippen LogP contribution < -0.4 is 0 Å². The van der Waals surface area contributed by atoms with Gasteiger partial charge in [0.15, 0.2) is 0 Å². The summed E-state index contributed by atoms with van der Waals surface area (Å²) in [6.45, 7) is 2.19. The lowest BCUT2D eigenvalue weighted by Gasteiger charge is -2.08. The van der Waals surface area contributed by atoms with Gasteiger partial charge in [-0.05, 0) is 29.9 Å². The summed E-state index contributed by atoms with van der Waals surface area (Å²) in [5.41, 5.74) is 1.13. The Hall–Kier alpha value is -0.890. The minimum absolute atomic E-state index is 0.167. The van der Waals surface area contributed by atoms with Gasteiger partial charge in [-0.25, -0.2) is 0 Å². The Morgan fingerprint density at radius 2 is 2.46 bits per heavy atom. The molecule has 0 bridgehead atoms. The molecule has 13 heavy (non-hydrogen) atoms. The molecule has 1 aromatic rings. The van der Waals surface area contributed by atoms with Crippen molar-refractivity contribution in [3.8, 4) is 0 Å². The Morgan fingerprint density at radius 3 is 3.00 bits per heavy atom. The lowest BCUT2D eigenvalue weighted by atomic mass is 10.1. The third kappa shape index (κ3) is 2.07. The van der Waals surface area contributed by atoms with Gasteiger partial charge in [0.1, 0.15) is 0 Å². The fourth-order valence-electron chi connectivity index (χ4n) is 1.80. The average Bonchev–Trinajstić information content (AvgIpc) is 2.84. The van der Waals surface area contributed by atoms with Crippen molar-refractivity contribution in [1.29, 1.82) is 0 Å². The maximum atomic E-state index is 9.79. The first-order chi connectivity index (χ1) is 6.27. The zero-order chi connectivity index (χ0) is 9.26. The molecular weight excluding hydrogens is 162 g/mol. The van der Waals surface area contributed by atoms with Crippen molar-refractivity contribution in [2.75, 3.05) is 0 Å². The monoisotopic (exact) mass is 177 g/mol. The number of aliphatic hydroxyl groups excluding tert-OH is 1. The summed E-state index contributed by atoms with van der Waals surface area (Å²) < 4.78 is 0. The van der Waals surface area contributed by atoms with Crippen LogP contribution in [0.2, 0.25) is 0 Å². The van der Waals surface area contributed by atoms with Crippen LogP contribution in [0, 0.1) is 11.8 Å². The zero-order valence-corrected chi connectivity index (χ0v) is 7.85. The molecule has 0 saturated heterocycles. The Kier molecular flexibility index (Phi) is 2.32. The Bertz CT molecular complexity index is 273. The molecule has 3 unspecified atom stereocenters. The largest absolute Gasteiger partial charge is 0.392 e. The smallest absolute Gasteiger partial charge is 0.0611 e. The van der Waals surface area contributed by atoms with E-state index in [1.54, 1.807) is 6.20 Å². The summed E-state index contributed by atoms with van der Waals surface area (Å²) in [6.07, 6.45) is 5.36. The van der Waals surface area contributed by atoms with Crippen LogP contribution in [-0.4, -0.2) is 16.2 Å². The summed E-state index contributed by atoms with van der Waals surface area (Å²) in [7, 11) is 0. The highest BCUT2D eigenvalue weighted by atomic mass is 16.3. The van der Waals surface area contributed by atoms with Gasteiger partial charge < -0.3 is 5.11 Å². The first-order valence-corrected chi connectivity index (χ1v) is 4.84. The fraction of sp³-hybridized carbons (Fsp3) is 0.545.